The van der Waals surface area contributed by atoms with Crippen molar-refractivity contribution < 1.29 is 0 Å². The van der Waals surface area contributed by atoms with Gasteiger partial charge in [0.15, 0.2) is 0 Å². The van der Waals surface area contributed by atoms with Crippen molar-refractivity contribution in [3.8, 4) is 0 Å². The molecule has 0 saturated heterocycles. The van der Waals surface area contributed by atoms with Crippen molar-refractivity contribution in [1.29, 1.82) is 0 Å². The van der Waals surface area contributed by atoms with Crippen LogP contribution in [0.4, 0.5) is 5.69 Å². The molecule has 5 rings (SSSR count). The van der Waals surface area contributed by atoms with E-state index in [4.69, 9.17) is 23.2 Å². The summed E-state index contributed by atoms with van der Waals surface area (Å²) in [7, 11) is 2.15. The number of likely N-dealkylation sites (N-methyl/N-ethyl adjacent to an activating group) is 1. The van der Waals surface area contributed by atoms with Crippen LogP contribution >= 0.6 is 23.2 Å². The monoisotopic (exact) mass is 515 g/mol. The molecule has 1 aliphatic heterocycles. The molecule has 1 fully saturated rings. The maximum Gasteiger partial charge on any atom is 0.0483 e. The molecule has 1 nitrogen and oxygen atoms in total. The van der Waals surface area contributed by atoms with E-state index < -0.39 is 0 Å². The third-order valence-corrected chi connectivity index (χ3v) is 9.07. The molecular formula is C33H35Cl2N. The molecule has 3 heteroatoms. The summed E-state index contributed by atoms with van der Waals surface area (Å²) < 4.78 is 0. The third-order valence-electron chi connectivity index (χ3n) is 8.55. The first-order valence-electron chi connectivity index (χ1n) is 13.0. The lowest BCUT2D eigenvalue weighted by molar-refractivity contribution is 0.347. The van der Waals surface area contributed by atoms with Gasteiger partial charge in [-0.3, -0.25) is 0 Å². The Morgan fingerprint density at radius 1 is 1.03 bits per heavy atom. The first-order valence-corrected chi connectivity index (χ1v) is 13.7. The van der Waals surface area contributed by atoms with Crippen LogP contribution in [0.3, 0.4) is 0 Å². The standard InChI is InChI=1S/C33H35Cl2N/c1-22-16-17-24-13-7-8-14-26(24)30(22)32(3,4)23(2)12-11-15-29-33(18-9-6-10-19-33)31-27(35)20-25(34)21-28(31)36(29)5/h7-8,11-17,20-21H,2,6,9-10,18-19H2,1,3-5H3/b12-11+,29-15+. The van der Waals surface area contributed by atoms with Crippen molar-refractivity contribution in [2.24, 2.45) is 0 Å². The van der Waals surface area contributed by atoms with Crippen molar-refractivity contribution in [2.45, 2.75) is 63.7 Å². The number of anilines is 1. The summed E-state index contributed by atoms with van der Waals surface area (Å²) in [5, 5.41) is 4.05. The van der Waals surface area contributed by atoms with Crippen molar-refractivity contribution >= 4 is 39.7 Å². The number of fused-ring (bicyclic) bond motifs is 3. The largest absolute Gasteiger partial charge is 0.347 e. The topological polar surface area (TPSA) is 3.24 Å². The molecular weight excluding hydrogens is 481 g/mol. The van der Waals surface area contributed by atoms with E-state index in [-0.39, 0.29) is 10.8 Å². The minimum atomic E-state index is -0.205. The Kier molecular flexibility index (Phi) is 6.60. The van der Waals surface area contributed by atoms with Gasteiger partial charge < -0.3 is 4.90 Å². The van der Waals surface area contributed by atoms with Gasteiger partial charge in [0.25, 0.3) is 0 Å². The van der Waals surface area contributed by atoms with Gasteiger partial charge in [0.1, 0.15) is 0 Å². The molecule has 0 unspecified atom stereocenters. The molecule has 0 bridgehead atoms. The van der Waals surface area contributed by atoms with E-state index in [0.717, 1.165) is 29.1 Å². The van der Waals surface area contributed by atoms with Gasteiger partial charge in [0.2, 0.25) is 0 Å². The fourth-order valence-corrected chi connectivity index (χ4v) is 7.31. The van der Waals surface area contributed by atoms with E-state index in [0.29, 0.717) is 5.02 Å². The number of hydrogen-bond donors (Lipinski definition) is 0. The predicted octanol–water partition coefficient (Wildman–Crippen LogP) is 10.1. The van der Waals surface area contributed by atoms with Gasteiger partial charge >= 0.3 is 0 Å². The summed E-state index contributed by atoms with van der Waals surface area (Å²) in [5.74, 6) is 0. The predicted molar refractivity (Wildman–Crippen MR) is 158 cm³/mol. The third kappa shape index (κ3) is 4.01. The van der Waals surface area contributed by atoms with Gasteiger partial charge in [-0.15, -0.1) is 0 Å². The molecule has 0 aromatic heterocycles. The van der Waals surface area contributed by atoms with Crippen LogP contribution in [0.25, 0.3) is 10.8 Å². The summed E-state index contributed by atoms with van der Waals surface area (Å²) in [6.07, 6.45) is 12.6. The number of rotatable bonds is 4. The van der Waals surface area contributed by atoms with Crippen molar-refractivity contribution in [3.05, 3.63) is 111 Å². The van der Waals surface area contributed by atoms with Gasteiger partial charge in [-0.05, 0) is 65.4 Å². The van der Waals surface area contributed by atoms with Crippen LogP contribution in [0.5, 0.6) is 0 Å². The second kappa shape index (κ2) is 9.43. The Morgan fingerprint density at radius 2 is 1.75 bits per heavy atom. The zero-order valence-corrected chi connectivity index (χ0v) is 23.3. The van der Waals surface area contributed by atoms with Crippen LogP contribution in [-0.2, 0) is 10.8 Å². The molecule has 36 heavy (non-hydrogen) atoms. The Hall–Kier alpha value is -2.48. The zero-order valence-electron chi connectivity index (χ0n) is 21.8. The zero-order chi connectivity index (χ0) is 25.7. The van der Waals surface area contributed by atoms with E-state index in [1.54, 1.807) is 0 Å². The highest BCUT2D eigenvalue weighted by Crippen LogP contribution is 2.57. The van der Waals surface area contributed by atoms with Crippen molar-refractivity contribution in [1.82, 2.24) is 0 Å². The average molecular weight is 517 g/mol. The molecule has 3 aromatic rings. The minimum absolute atomic E-state index is 0.0442. The van der Waals surface area contributed by atoms with E-state index in [1.807, 2.05) is 6.07 Å². The number of aryl methyl sites for hydroxylation is 1. The lowest BCUT2D eigenvalue weighted by Gasteiger charge is -2.36. The number of hydrogen-bond acceptors (Lipinski definition) is 1. The second-order valence-electron chi connectivity index (χ2n) is 11.0. The molecule has 0 atom stereocenters. The summed E-state index contributed by atoms with van der Waals surface area (Å²) in [6.45, 7) is 11.3. The number of nitrogens with zero attached hydrogens (tertiary/aromatic N) is 1. The lowest BCUT2D eigenvalue weighted by Crippen LogP contribution is -2.32. The SMILES string of the molecule is C=C(/C=C/C=C1/N(C)c2cc(Cl)cc(Cl)c2C12CCCCC2)C(C)(C)c1c(C)ccc2ccccc12. The summed E-state index contributed by atoms with van der Waals surface area (Å²) >= 11 is 13.3. The van der Waals surface area contributed by atoms with Crippen LogP contribution in [0.15, 0.2) is 84.6 Å². The first-order chi connectivity index (χ1) is 17.2. The van der Waals surface area contributed by atoms with Gasteiger partial charge in [-0.1, -0.05) is 111 Å². The normalized spacial score (nSPS) is 18.5. The van der Waals surface area contributed by atoms with Gasteiger partial charge in [0.05, 0.1) is 0 Å². The molecule has 1 aliphatic carbocycles. The Labute approximate surface area is 226 Å². The Morgan fingerprint density at radius 3 is 2.50 bits per heavy atom. The fraction of sp³-hybridized carbons (Fsp3) is 0.333. The highest BCUT2D eigenvalue weighted by molar-refractivity contribution is 6.36. The summed E-state index contributed by atoms with van der Waals surface area (Å²) in [6, 6.07) is 17.0. The van der Waals surface area contributed by atoms with Crippen LogP contribution in [-0.4, -0.2) is 7.05 Å². The van der Waals surface area contributed by atoms with E-state index in [2.05, 4.69) is 100.0 Å². The maximum absolute atomic E-state index is 6.83. The minimum Gasteiger partial charge on any atom is -0.347 e. The van der Waals surface area contributed by atoms with E-state index >= 15 is 0 Å². The molecule has 3 aromatic carbocycles. The maximum atomic E-state index is 6.83. The average Bonchev–Trinajstić information content (AvgIpc) is 3.06. The number of halogens is 2. The van der Waals surface area contributed by atoms with E-state index in [9.17, 15) is 0 Å². The van der Waals surface area contributed by atoms with Crippen LogP contribution in [0.2, 0.25) is 10.0 Å². The molecule has 186 valence electrons. The molecule has 0 amide bonds. The molecule has 1 heterocycles. The van der Waals surface area contributed by atoms with Crippen LogP contribution in [0.1, 0.15) is 62.6 Å². The quantitative estimate of drug-likeness (QED) is 0.312. The molecule has 1 spiro atoms. The molecule has 0 radical (unpaired) electrons. The van der Waals surface area contributed by atoms with Gasteiger partial charge in [-0.2, -0.15) is 0 Å². The van der Waals surface area contributed by atoms with Crippen LogP contribution < -0.4 is 4.90 Å². The second-order valence-corrected chi connectivity index (χ2v) is 11.9. The van der Waals surface area contributed by atoms with Gasteiger partial charge in [0, 0.05) is 44.9 Å². The molecule has 2 aliphatic rings. The summed E-state index contributed by atoms with van der Waals surface area (Å²) in [4.78, 5) is 2.30. The number of allylic oxidation sites excluding steroid dienone is 5. The molecule has 0 N–H and O–H groups in total. The first kappa shape index (κ1) is 25.2. The fourth-order valence-electron chi connectivity index (χ4n) is 6.64. The molecule has 1 saturated carbocycles. The van der Waals surface area contributed by atoms with Crippen molar-refractivity contribution in [3.63, 3.8) is 0 Å². The highest BCUT2D eigenvalue weighted by atomic mass is 35.5. The van der Waals surface area contributed by atoms with Gasteiger partial charge in [-0.25, -0.2) is 0 Å². The van der Waals surface area contributed by atoms with Crippen molar-refractivity contribution in [2.75, 3.05) is 11.9 Å². The lowest BCUT2D eigenvalue weighted by atomic mass is 9.68. The highest BCUT2D eigenvalue weighted by Gasteiger charge is 2.47. The number of benzene rings is 3. The van der Waals surface area contributed by atoms with E-state index in [1.165, 1.54) is 52.4 Å². The Bertz CT molecular complexity index is 1400. The Balaban J connectivity index is 1.52. The summed E-state index contributed by atoms with van der Waals surface area (Å²) in [5.41, 5.74) is 7.19. The van der Waals surface area contributed by atoms with Crippen LogP contribution in [0, 0.1) is 6.92 Å². The smallest absolute Gasteiger partial charge is 0.0483 e.